The minimum absolute atomic E-state index is 0.150. The van der Waals surface area contributed by atoms with Crippen molar-refractivity contribution in [1.82, 2.24) is 9.97 Å². The van der Waals surface area contributed by atoms with Crippen molar-refractivity contribution >= 4 is 23.5 Å². The Labute approximate surface area is 174 Å². The SMILES string of the molecule is CSc1nc(NCCOC(=O)c2ccccc2)c(C#N)c(-c2ccc(C)cc2)n1. The summed E-state index contributed by atoms with van der Waals surface area (Å²) in [5, 5.41) is 13.4. The fourth-order valence-corrected chi connectivity index (χ4v) is 3.02. The second-order valence-corrected chi connectivity index (χ2v) is 6.96. The number of carbonyl (C=O) groups excluding carboxylic acids is 1. The molecule has 0 atom stereocenters. The zero-order valence-corrected chi connectivity index (χ0v) is 17.0. The minimum atomic E-state index is -0.388. The molecule has 0 bridgehead atoms. The highest BCUT2D eigenvalue weighted by Gasteiger charge is 2.16. The Morgan fingerprint density at radius 2 is 1.86 bits per heavy atom. The summed E-state index contributed by atoms with van der Waals surface area (Å²) in [5.74, 6) is 0.0407. The van der Waals surface area contributed by atoms with Crippen molar-refractivity contribution in [3.05, 3.63) is 71.3 Å². The van der Waals surface area contributed by atoms with Crippen molar-refractivity contribution < 1.29 is 9.53 Å². The van der Waals surface area contributed by atoms with Crippen LogP contribution < -0.4 is 5.32 Å². The number of hydrogen-bond donors (Lipinski definition) is 1. The van der Waals surface area contributed by atoms with Crippen LogP contribution >= 0.6 is 11.8 Å². The van der Waals surface area contributed by atoms with E-state index in [0.29, 0.717) is 34.3 Å². The smallest absolute Gasteiger partial charge is 0.338 e. The van der Waals surface area contributed by atoms with Crippen LogP contribution in [0.4, 0.5) is 5.82 Å². The van der Waals surface area contributed by atoms with Gasteiger partial charge in [0.25, 0.3) is 0 Å². The Bertz CT molecular complexity index is 1030. The lowest BCUT2D eigenvalue weighted by Crippen LogP contribution is -2.16. The molecule has 1 heterocycles. The minimum Gasteiger partial charge on any atom is -0.460 e. The first kappa shape index (κ1) is 20.4. The predicted molar refractivity (Wildman–Crippen MR) is 114 cm³/mol. The number of rotatable bonds is 7. The van der Waals surface area contributed by atoms with Gasteiger partial charge in [-0.05, 0) is 25.3 Å². The summed E-state index contributed by atoms with van der Waals surface area (Å²) in [6, 6.07) is 18.8. The number of anilines is 1. The Balaban J connectivity index is 1.75. The third-order valence-corrected chi connectivity index (χ3v) is 4.69. The van der Waals surface area contributed by atoms with E-state index in [-0.39, 0.29) is 12.6 Å². The second-order valence-electron chi connectivity index (χ2n) is 6.19. The third-order valence-electron chi connectivity index (χ3n) is 4.15. The molecule has 29 heavy (non-hydrogen) atoms. The molecule has 3 rings (SSSR count). The summed E-state index contributed by atoms with van der Waals surface area (Å²) in [6.45, 7) is 2.48. The highest BCUT2D eigenvalue weighted by atomic mass is 32.2. The van der Waals surface area contributed by atoms with Gasteiger partial charge in [-0.2, -0.15) is 5.26 Å². The van der Waals surface area contributed by atoms with Crippen molar-refractivity contribution in [2.45, 2.75) is 12.1 Å². The van der Waals surface area contributed by atoms with Crippen LogP contribution in [-0.4, -0.2) is 35.3 Å². The number of aromatic nitrogens is 2. The van der Waals surface area contributed by atoms with E-state index in [4.69, 9.17) is 4.74 Å². The average molecular weight is 404 g/mol. The fourth-order valence-electron chi connectivity index (χ4n) is 2.66. The quantitative estimate of drug-likeness (QED) is 0.272. The van der Waals surface area contributed by atoms with Crippen LogP contribution in [0.5, 0.6) is 0 Å². The van der Waals surface area contributed by atoms with Crippen LogP contribution in [-0.2, 0) is 4.74 Å². The van der Waals surface area contributed by atoms with Crippen LogP contribution in [0.2, 0.25) is 0 Å². The van der Waals surface area contributed by atoms with E-state index in [1.165, 1.54) is 11.8 Å². The number of thioether (sulfide) groups is 1. The Hall–Kier alpha value is -3.37. The molecule has 0 saturated heterocycles. The molecule has 2 aromatic carbocycles. The van der Waals surface area contributed by atoms with Gasteiger partial charge < -0.3 is 10.1 Å². The van der Waals surface area contributed by atoms with E-state index >= 15 is 0 Å². The monoisotopic (exact) mass is 404 g/mol. The molecule has 0 aliphatic carbocycles. The van der Waals surface area contributed by atoms with E-state index in [0.717, 1.165) is 11.1 Å². The van der Waals surface area contributed by atoms with Crippen molar-refractivity contribution in [2.24, 2.45) is 0 Å². The molecule has 1 aromatic heterocycles. The second kappa shape index (κ2) is 9.71. The number of benzene rings is 2. The molecule has 146 valence electrons. The summed E-state index contributed by atoms with van der Waals surface area (Å²) in [6.07, 6.45) is 1.88. The average Bonchev–Trinajstić information content (AvgIpc) is 2.77. The maximum atomic E-state index is 12.0. The first-order valence-corrected chi connectivity index (χ1v) is 10.2. The fraction of sp³-hybridized carbons (Fsp3) is 0.182. The lowest BCUT2D eigenvalue weighted by atomic mass is 10.1. The Morgan fingerprint density at radius 3 is 2.52 bits per heavy atom. The van der Waals surface area contributed by atoms with Gasteiger partial charge in [-0.3, -0.25) is 0 Å². The molecule has 0 radical (unpaired) electrons. The number of carbonyl (C=O) groups is 1. The van der Waals surface area contributed by atoms with Crippen LogP contribution in [0.1, 0.15) is 21.5 Å². The van der Waals surface area contributed by atoms with Gasteiger partial charge in [0.05, 0.1) is 17.8 Å². The zero-order valence-electron chi connectivity index (χ0n) is 16.2. The van der Waals surface area contributed by atoms with Crippen LogP contribution in [0.25, 0.3) is 11.3 Å². The van der Waals surface area contributed by atoms with Gasteiger partial charge >= 0.3 is 5.97 Å². The first-order chi connectivity index (χ1) is 14.1. The molecule has 0 aliphatic rings. The number of esters is 1. The van der Waals surface area contributed by atoms with E-state index in [1.54, 1.807) is 24.3 Å². The molecule has 0 unspecified atom stereocenters. The molecule has 7 heteroatoms. The number of hydrogen-bond acceptors (Lipinski definition) is 7. The lowest BCUT2D eigenvalue weighted by Gasteiger charge is -2.12. The standard InChI is InChI=1S/C22H20N4O2S/c1-15-8-10-16(11-9-15)19-18(14-23)20(26-22(25-19)29-2)24-12-13-28-21(27)17-6-4-3-5-7-17/h3-11H,12-13H2,1-2H3,(H,24,25,26). The molecule has 0 spiro atoms. The largest absolute Gasteiger partial charge is 0.460 e. The summed E-state index contributed by atoms with van der Waals surface area (Å²) < 4.78 is 5.27. The first-order valence-electron chi connectivity index (χ1n) is 9.01. The summed E-state index contributed by atoms with van der Waals surface area (Å²) in [5.41, 5.74) is 3.42. The number of ether oxygens (including phenoxy) is 1. The molecule has 6 nitrogen and oxygen atoms in total. The Kier molecular flexibility index (Phi) is 6.82. The molecule has 3 aromatic rings. The van der Waals surface area contributed by atoms with E-state index in [9.17, 15) is 10.1 Å². The molecule has 1 N–H and O–H groups in total. The van der Waals surface area contributed by atoms with Crippen LogP contribution in [0.15, 0.2) is 59.8 Å². The normalized spacial score (nSPS) is 10.2. The third kappa shape index (κ3) is 5.12. The van der Waals surface area contributed by atoms with Crippen molar-refractivity contribution in [1.29, 1.82) is 5.26 Å². The van der Waals surface area contributed by atoms with E-state index in [2.05, 4.69) is 21.4 Å². The molecule has 0 aliphatic heterocycles. The van der Waals surface area contributed by atoms with E-state index < -0.39 is 0 Å². The maximum Gasteiger partial charge on any atom is 0.338 e. The van der Waals surface area contributed by atoms with Gasteiger partial charge in [-0.25, -0.2) is 14.8 Å². The molecular formula is C22H20N4O2S. The molecule has 0 fully saturated rings. The highest BCUT2D eigenvalue weighted by Crippen LogP contribution is 2.28. The van der Waals surface area contributed by atoms with Gasteiger partial charge in [0, 0.05) is 5.56 Å². The summed E-state index contributed by atoms with van der Waals surface area (Å²) in [7, 11) is 0. The summed E-state index contributed by atoms with van der Waals surface area (Å²) in [4.78, 5) is 21.0. The van der Waals surface area contributed by atoms with Gasteiger partial charge in [0.2, 0.25) is 0 Å². The van der Waals surface area contributed by atoms with Gasteiger partial charge in [-0.1, -0.05) is 59.8 Å². The van der Waals surface area contributed by atoms with E-state index in [1.807, 2.05) is 43.5 Å². The number of nitrogens with zero attached hydrogens (tertiary/aromatic N) is 3. The topological polar surface area (TPSA) is 87.9 Å². The number of aryl methyl sites for hydroxylation is 1. The molecule has 0 saturated carbocycles. The predicted octanol–water partition coefficient (Wildman–Crippen LogP) is 4.31. The van der Waals surface area contributed by atoms with Crippen LogP contribution in [0, 0.1) is 18.3 Å². The van der Waals surface area contributed by atoms with Crippen molar-refractivity contribution in [2.75, 3.05) is 24.7 Å². The van der Waals surface area contributed by atoms with Crippen molar-refractivity contribution in [3.8, 4) is 17.3 Å². The van der Waals surface area contributed by atoms with Gasteiger partial charge in [0.1, 0.15) is 24.1 Å². The number of nitriles is 1. The number of nitrogens with one attached hydrogen (secondary N) is 1. The summed E-state index contributed by atoms with van der Waals surface area (Å²) >= 11 is 1.40. The highest BCUT2D eigenvalue weighted by molar-refractivity contribution is 7.98. The molecular weight excluding hydrogens is 384 g/mol. The Morgan fingerprint density at radius 1 is 1.14 bits per heavy atom. The van der Waals surface area contributed by atoms with Crippen LogP contribution in [0.3, 0.4) is 0 Å². The lowest BCUT2D eigenvalue weighted by molar-refractivity contribution is 0.0520. The zero-order chi connectivity index (χ0) is 20.6. The molecule has 0 amide bonds. The van der Waals surface area contributed by atoms with Gasteiger partial charge in [-0.15, -0.1) is 0 Å². The van der Waals surface area contributed by atoms with Crippen molar-refractivity contribution in [3.63, 3.8) is 0 Å². The maximum absolute atomic E-state index is 12.0. The van der Waals surface area contributed by atoms with Gasteiger partial charge in [0.15, 0.2) is 5.16 Å².